The Labute approximate surface area is 176 Å². The van der Waals surface area contributed by atoms with Gasteiger partial charge in [-0.25, -0.2) is 22.2 Å². The summed E-state index contributed by atoms with van der Waals surface area (Å²) in [5.41, 5.74) is 2.49. The van der Waals surface area contributed by atoms with Crippen LogP contribution in [0.25, 0.3) is 5.65 Å². The van der Waals surface area contributed by atoms with E-state index in [2.05, 4.69) is 10.1 Å². The van der Waals surface area contributed by atoms with E-state index in [0.29, 0.717) is 37.3 Å². The normalized spacial score (nSPS) is 20.7. The van der Waals surface area contributed by atoms with Crippen molar-refractivity contribution in [1.82, 2.24) is 23.8 Å². The average molecular weight is 436 g/mol. The summed E-state index contributed by atoms with van der Waals surface area (Å²) < 4.78 is 27.5. The van der Waals surface area contributed by atoms with Gasteiger partial charge in [0.1, 0.15) is 0 Å². The number of aromatic nitrogens is 3. The number of rotatable bonds is 4. The molecular formula is C20H29N5O4S. The van der Waals surface area contributed by atoms with E-state index in [0.717, 1.165) is 24.2 Å². The first-order chi connectivity index (χ1) is 14.2. The number of nitrogens with zero attached hydrogens (tertiary/aromatic N) is 4. The molecule has 1 fully saturated rings. The quantitative estimate of drug-likeness (QED) is 0.774. The van der Waals surface area contributed by atoms with Crippen LogP contribution in [-0.4, -0.2) is 63.5 Å². The molecule has 4 heterocycles. The predicted molar refractivity (Wildman–Crippen MR) is 113 cm³/mol. The Morgan fingerprint density at radius 2 is 2.10 bits per heavy atom. The van der Waals surface area contributed by atoms with E-state index in [-0.39, 0.29) is 35.6 Å². The Morgan fingerprint density at radius 3 is 2.80 bits per heavy atom. The van der Waals surface area contributed by atoms with Crippen LogP contribution in [0.1, 0.15) is 56.5 Å². The molecule has 2 aliphatic rings. The first kappa shape index (κ1) is 21.0. The highest BCUT2D eigenvalue weighted by Crippen LogP contribution is 2.28. The number of piperidine rings is 1. The number of sulfonamides is 1. The van der Waals surface area contributed by atoms with Crippen molar-refractivity contribution in [2.45, 2.75) is 52.5 Å². The molecule has 0 spiro atoms. The van der Waals surface area contributed by atoms with Crippen LogP contribution >= 0.6 is 0 Å². The van der Waals surface area contributed by atoms with Crippen molar-refractivity contribution >= 4 is 21.6 Å². The van der Waals surface area contributed by atoms with Gasteiger partial charge in [-0.3, -0.25) is 14.7 Å². The minimum atomic E-state index is -3.24. The molecule has 0 aromatic carbocycles. The number of carbonyl (C=O) groups excluding carboxylic acids is 1. The Balaban J connectivity index is 1.65. The van der Waals surface area contributed by atoms with Crippen molar-refractivity contribution in [3.05, 3.63) is 33.4 Å². The van der Waals surface area contributed by atoms with E-state index in [9.17, 15) is 18.0 Å². The number of amides is 1. The molecule has 4 rings (SSSR count). The van der Waals surface area contributed by atoms with Gasteiger partial charge in [0.05, 0.1) is 23.6 Å². The maximum Gasteiger partial charge on any atom is 0.277 e. The Morgan fingerprint density at radius 1 is 1.33 bits per heavy atom. The topological polar surface area (TPSA) is 108 Å². The molecule has 2 aromatic heterocycles. The van der Waals surface area contributed by atoms with Crippen LogP contribution in [0.2, 0.25) is 0 Å². The molecule has 10 heteroatoms. The van der Waals surface area contributed by atoms with E-state index in [1.165, 1.54) is 4.52 Å². The molecule has 0 aliphatic carbocycles. The zero-order valence-corrected chi connectivity index (χ0v) is 18.5. The number of fused-ring (bicyclic) bond motifs is 2. The van der Waals surface area contributed by atoms with Crippen LogP contribution in [0.5, 0.6) is 0 Å². The van der Waals surface area contributed by atoms with E-state index < -0.39 is 10.0 Å². The van der Waals surface area contributed by atoms with E-state index in [4.69, 9.17) is 0 Å². The average Bonchev–Trinajstić information content (AvgIpc) is 3.17. The van der Waals surface area contributed by atoms with Gasteiger partial charge >= 0.3 is 0 Å². The standard InChI is InChI=1S/C20H29N5O4S/c1-4-30(28,29)24-8-5-6-14(11-24)17-10-18-21-16-7-9-23(19(26)13(2)3)12-15(16)20(27)25(18)22-17/h10,13-14,22H,4-9,11-12H2,1-3H3/t14-/m0/s1. The van der Waals surface area contributed by atoms with Crippen molar-refractivity contribution in [1.29, 1.82) is 0 Å². The van der Waals surface area contributed by atoms with Gasteiger partial charge in [0.25, 0.3) is 5.56 Å². The first-order valence-corrected chi connectivity index (χ1v) is 12.2. The summed E-state index contributed by atoms with van der Waals surface area (Å²) in [6.45, 7) is 7.17. The zero-order valence-electron chi connectivity index (χ0n) is 17.7. The molecule has 1 amide bonds. The molecule has 0 radical (unpaired) electrons. The fourth-order valence-electron chi connectivity index (χ4n) is 4.39. The van der Waals surface area contributed by atoms with Crippen molar-refractivity contribution in [2.24, 2.45) is 5.92 Å². The number of aromatic amines is 1. The van der Waals surface area contributed by atoms with Crippen molar-refractivity contribution in [3.63, 3.8) is 0 Å². The van der Waals surface area contributed by atoms with Gasteiger partial charge < -0.3 is 4.90 Å². The maximum atomic E-state index is 13.1. The fourth-order valence-corrected chi connectivity index (χ4v) is 5.57. The predicted octanol–water partition coefficient (Wildman–Crippen LogP) is 1.09. The van der Waals surface area contributed by atoms with Crippen LogP contribution in [0.3, 0.4) is 0 Å². The Bertz CT molecular complexity index is 1130. The first-order valence-electron chi connectivity index (χ1n) is 10.6. The molecule has 2 aliphatic heterocycles. The molecule has 0 bridgehead atoms. The van der Waals surface area contributed by atoms with Crippen LogP contribution in [-0.2, 0) is 27.8 Å². The lowest BCUT2D eigenvalue weighted by Crippen LogP contribution is -2.42. The number of carbonyl (C=O) groups is 1. The molecule has 30 heavy (non-hydrogen) atoms. The van der Waals surface area contributed by atoms with Crippen molar-refractivity contribution in [2.75, 3.05) is 25.4 Å². The summed E-state index contributed by atoms with van der Waals surface area (Å²) in [4.78, 5) is 31.9. The van der Waals surface area contributed by atoms with Crippen LogP contribution in [0.15, 0.2) is 10.9 Å². The highest BCUT2D eigenvalue weighted by molar-refractivity contribution is 7.89. The van der Waals surface area contributed by atoms with E-state index in [1.807, 2.05) is 19.9 Å². The Hall–Kier alpha value is -2.20. The largest absolute Gasteiger partial charge is 0.337 e. The van der Waals surface area contributed by atoms with Gasteiger partial charge in [0.15, 0.2) is 5.65 Å². The molecule has 1 atom stereocenters. The molecule has 1 N–H and O–H groups in total. The highest BCUT2D eigenvalue weighted by atomic mass is 32.2. The summed E-state index contributed by atoms with van der Waals surface area (Å²) in [7, 11) is -3.24. The second-order valence-corrected chi connectivity index (χ2v) is 10.8. The number of H-pyrrole nitrogens is 1. The smallest absolute Gasteiger partial charge is 0.277 e. The van der Waals surface area contributed by atoms with Gasteiger partial charge in [-0.1, -0.05) is 13.8 Å². The molecule has 0 unspecified atom stereocenters. The van der Waals surface area contributed by atoms with Crippen LogP contribution < -0.4 is 5.56 Å². The van der Waals surface area contributed by atoms with E-state index >= 15 is 0 Å². The molecule has 1 saturated heterocycles. The van der Waals surface area contributed by atoms with Crippen molar-refractivity contribution in [3.8, 4) is 0 Å². The maximum absolute atomic E-state index is 13.1. The SMILES string of the molecule is CCS(=O)(=O)N1CCC[C@H](c2cc3nc4c(c(=O)n3[nH]2)CN(C(=O)C(C)C)CC4)C1. The number of hydrogen-bond acceptors (Lipinski definition) is 5. The second-order valence-electron chi connectivity index (χ2n) is 8.51. The lowest BCUT2D eigenvalue weighted by molar-refractivity contribution is -0.135. The van der Waals surface area contributed by atoms with E-state index in [1.54, 1.807) is 16.1 Å². The third-order valence-corrected chi connectivity index (χ3v) is 8.02. The summed E-state index contributed by atoms with van der Waals surface area (Å²) in [6.07, 6.45) is 2.20. The van der Waals surface area contributed by atoms with Crippen molar-refractivity contribution < 1.29 is 13.2 Å². The minimum Gasteiger partial charge on any atom is -0.337 e. The summed E-state index contributed by atoms with van der Waals surface area (Å²) >= 11 is 0. The summed E-state index contributed by atoms with van der Waals surface area (Å²) in [6, 6.07) is 1.86. The monoisotopic (exact) mass is 435 g/mol. The molecule has 9 nitrogen and oxygen atoms in total. The van der Waals surface area contributed by atoms with Gasteiger partial charge in [0.2, 0.25) is 15.9 Å². The lowest BCUT2D eigenvalue weighted by Gasteiger charge is -2.31. The third kappa shape index (κ3) is 3.66. The molecule has 2 aromatic rings. The van der Waals surface area contributed by atoms with Gasteiger partial charge in [0, 0.05) is 49.7 Å². The number of hydrogen-bond donors (Lipinski definition) is 1. The minimum absolute atomic E-state index is 0.00257. The van der Waals surface area contributed by atoms with Gasteiger partial charge in [-0.15, -0.1) is 0 Å². The Kier molecular flexibility index (Phi) is 5.48. The number of nitrogens with one attached hydrogen (secondary N) is 1. The summed E-state index contributed by atoms with van der Waals surface area (Å²) in [5, 5.41) is 3.16. The zero-order chi connectivity index (χ0) is 21.6. The summed E-state index contributed by atoms with van der Waals surface area (Å²) in [5.74, 6) is 0.0110. The van der Waals surface area contributed by atoms with Gasteiger partial charge in [-0.2, -0.15) is 0 Å². The van der Waals surface area contributed by atoms with Crippen LogP contribution in [0, 0.1) is 5.92 Å². The second kappa shape index (κ2) is 7.81. The van der Waals surface area contributed by atoms with Crippen LogP contribution in [0.4, 0.5) is 0 Å². The molecule has 0 saturated carbocycles. The lowest BCUT2D eigenvalue weighted by atomic mass is 9.96. The third-order valence-electron chi connectivity index (χ3n) is 6.17. The molecule has 164 valence electrons. The fraction of sp³-hybridized carbons (Fsp3) is 0.650. The van der Waals surface area contributed by atoms with Gasteiger partial charge in [-0.05, 0) is 19.8 Å². The molecular weight excluding hydrogens is 406 g/mol. The highest BCUT2D eigenvalue weighted by Gasteiger charge is 2.31.